The van der Waals surface area contributed by atoms with E-state index in [0.29, 0.717) is 11.8 Å². The highest BCUT2D eigenvalue weighted by molar-refractivity contribution is 5.42. The molecule has 4 aliphatic carbocycles. The lowest BCUT2D eigenvalue weighted by Gasteiger charge is -2.72. The van der Waals surface area contributed by atoms with Crippen molar-refractivity contribution in [1.29, 1.82) is 0 Å². The van der Waals surface area contributed by atoms with Crippen LogP contribution in [0.15, 0.2) is 23.8 Å². The van der Waals surface area contributed by atoms with Crippen LogP contribution in [-0.4, -0.2) is 55.8 Å². The standard InChI is InChI=1S/C62H117N3O3/c1-9-10-11-12-13-14-15-16-17-18-19-20-21-22-23-28-46-67-50-56(36-26-24-25-32-51(2)3)68-48-31-47-66-45-29-27-35-54-37-40-58(7)55(49-54)38-41-62(65)60(63)42-39-57(53(6)34-30-33-52(4)5)59(60,8)43-44-61(58,62)64/h16-17,38,51-54,56-57H,9-15,18-37,39-50,63-65H2,1-8H3. The average molecular weight is 953 g/mol. The van der Waals surface area contributed by atoms with Crippen LogP contribution in [0.25, 0.3) is 0 Å². The van der Waals surface area contributed by atoms with Crippen LogP contribution < -0.4 is 17.2 Å². The molecule has 0 aromatic rings. The summed E-state index contributed by atoms with van der Waals surface area (Å²) in [7, 11) is 0. The SMILES string of the molecule is CCCCCCCCC=CCCCCCCCCOCC(CCCCCC(C)C)OCCCOCCCCC1CCC2(C)C(=CCC3(N)C2(N)CCC2(C)C(C(C)CCCC(C)C)CCC23N)C1. The molecule has 0 heterocycles. The molecular weight excluding hydrogens is 835 g/mol. The molecule has 6 heteroatoms. The Bertz CT molecular complexity index is 1400. The Hall–Kier alpha value is -0.760. The predicted molar refractivity (Wildman–Crippen MR) is 294 cm³/mol. The zero-order chi connectivity index (χ0) is 49.4. The van der Waals surface area contributed by atoms with Crippen LogP contribution >= 0.6 is 0 Å². The Balaban J connectivity index is 1.08. The molecule has 0 saturated heterocycles. The first kappa shape index (κ1) is 59.8. The second kappa shape index (κ2) is 31.1. The van der Waals surface area contributed by atoms with E-state index in [-0.39, 0.29) is 16.9 Å². The predicted octanol–water partition coefficient (Wildman–Crippen LogP) is 16.5. The van der Waals surface area contributed by atoms with Gasteiger partial charge in [0.15, 0.2) is 0 Å². The summed E-state index contributed by atoms with van der Waals surface area (Å²) in [4.78, 5) is 0. The van der Waals surface area contributed by atoms with Crippen molar-refractivity contribution in [3.05, 3.63) is 23.8 Å². The summed E-state index contributed by atoms with van der Waals surface area (Å²) in [6, 6.07) is 0. The van der Waals surface area contributed by atoms with Gasteiger partial charge in [-0.1, -0.05) is 195 Å². The van der Waals surface area contributed by atoms with Gasteiger partial charge in [0.05, 0.1) is 18.2 Å². The van der Waals surface area contributed by atoms with Crippen molar-refractivity contribution in [3.8, 4) is 0 Å². The second-order valence-electron chi connectivity index (χ2n) is 25.2. The van der Waals surface area contributed by atoms with Gasteiger partial charge in [0, 0.05) is 42.9 Å². The van der Waals surface area contributed by atoms with Crippen molar-refractivity contribution < 1.29 is 14.2 Å². The number of unbranched alkanes of at least 4 members (excludes halogenated alkanes) is 15. The summed E-state index contributed by atoms with van der Waals surface area (Å²) in [5.74, 6) is 3.61. The van der Waals surface area contributed by atoms with Gasteiger partial charge in [0.25, 0.3) is 0 Å². The first-order valence-electron chi connectivity index (χ1n) is 30.2. The van der Waals surface area contributed by atoms with Crippen LogP contribution in [0.2, 0.25) is 0 Å². The van der Waals surface area contributed by atoms with Crippen molar-refractivity contribution in [1.82, 2.24) is 0 Å². The largest absolute Gasteiger partial charge is 0.381 e. The topological polar surface area (TPSA) is 106 Å². The molecular formula is C62H117N3O3. The quantitative estimate of drug-likeness (QED) is 0.0419. The fourth-order valence-corrected chi connectivity index (χ4v) is 14.4. The van der Waals surface area contributed by atoms with Crippen LogP contribution in [0.1, 0.15) is 274 Å². The Labute approximate surface area is 423 Å². The normalized spacial score (nSPS) is 30.2. The van der Waals surface area contributed by atoms with E-state index in [2.05, 4.69) is 73.6 Å². The highest BCUT2D eigenvalue weighted by Gasteiger charge is 2.75. The molecule has 9 unspecified atom stereocenters. The number of allylic oxidation sites excluding steroid dienone is 2. The van der Waals surface area contributed by atoms with E-state index in [4.69, 9.17) is 31.4 Å². The Morgan fingerprint density at radius 1 is 0.574 bits per heavy atom. The molecule has 4 aliphatic rings. The van der Waals surface area contributed by atoms with Crippen molar-refractivity contribution in [2.24, 2.45) is 57.6 Å². The molecule has 6 nitrogen and oxygen atoms in total. The molecule has 0 radical (unpaired) electrons. The first-order valence-corrected chi connectivity index (χ1v) is 30.2. The zero-order valence-electron chi connectivity index (χ0n) is 46.7. The van der Waals surface area contributed by atoms with Crippen LogP contribution in [0.5, 0.6) is 0 Å². The minimum atomic E-state index is -0.571. The summed E-state index contributed by atoms with van der Waals surface area (Å²) in [5, 5.41) is 0. The lowest BCUT2D eigenvalue weighted by atomic mass is 9.38. The van der Waals surface area contributed by atoms with Gasteiger partial charge in [-0.15, -0.1) is 0 Å². The van der Waals surface area contributed by atoms with Gasteiger partial charge in [-0.3, -0.25) is 0 Å². The van der Waals surface area contributed by atoms with Crippen LogP contribution in [0, 0.1) is 40.4 Å². The van der Waals surface area contributed by atoms with E-state index in [1.165, 1.54) is 167 Å². The van der Waals surface area contributed by atoms with Crippen LogP contribution in [-0.2, 0) is 14.2 Å². The molecule has 0 spiro atoms. The van der Waals surface area contributed by atoms with E-state index in [9.17, 15) is 0 Å². The third-order valence-corrected chi connectivity index (χ3v) is 19.2. The number of hydrogen-bond acceptors (Lipinski definition) is 6. The number of nitrogens with two attached hydrogens (primary N) is 3. The number of rotatable bonds is 39. The third kappa shape index (κ3) is 16.9. The van der Waals surface area contributed by atoms with E-state index < -0.39 is 16.6 Å². The van der Waals surface area contributed by atoms with Gasteiger partial charge in [0.2, 0.25) is 0 Å². The summed E-state index contributed by atoms with van der Waals surface area (Å²) in [6.07, 6.45) is 49.9. The molecule has 0 aromatic carbocycles. The maximum absolute atomic E-state index is 7.81. The molecule has 398 valence electrons. The van der Waals surface area contributed by atoms with Gasteiger partial charge < -0.3 is 31.4 Å². The Morgan fingerprint density at radius 3 is 1.88 bits per heavy atom. The van der Waals surface area contributed by atoms with Gasteiger partial charge in [-0.05, 0) is 138 Å². The molecule has 4 rings (SSSR count). The minimum absolute atomic E-state index is 0.0450. The first-order chi connectivity index (χ1) is 32.7. The number of fused-ring (bicyclic) bond motifs is 5. The molecule has 3 saturated carbocycles. The second-order valence-corrected chi connectivity index (χ2v) is 25.2. The molecule has 0 aromatic heterocycles. The van der Waals surface area contributed by atoms with Gasteiger partial charge in [0.1, 0.15) is 0 Å². The summed E-state index contributed by atoms with van der Waals surface area (Å²) < 4.78 is 18.8. The highest BCUT2D eigenvalue weighted by Crippen LogP contribution is 2.70. The molecule has 6 N–H and O–H groups in total. The fraction of sp³-hybridized carbons (Fsp3) is 0.935. The van der Waals surface area contributed by atoms with Gasteiger partial charge >= 0.3 is 0 Å². The Kier molecular flexibility index (Phi) is 27.3. The van der Waals surface area contributed by atoms with Crippen LogP contribution in [0.4, 0.5) is 0 Å². The van der Waals surface area contributed by atoms with Gasteiger partial charge in [-0.2, -0.15) is 0 Å². The maximum atomic E-state index is 7.81. The van der Waals surface area contributed by atoms with Crippen LogP contribution in [0.3, 0.4) is 0 Å². The molecule has 0 amide bonds. The van der Waals surface area contributed by atoms with Crippen molar-refractivity contribution in [2.75, 3.05) is 33.0 Å². The van der Waals surface area contributed by atoms with Crippen molar-refractivity contribution in [2.45, 2.75) is 296 Å². The number of hydrogen-bond donors (Lipinski definition) is 3. The summed E-state index contributed by atoms with van der Waals surface area (Å²) in [5.41, 5.74) is 23.5. The van der Waals surface area contributed by atoms with E-state index >= 15 is 0 Å². The van der Waals surface area contributed by atoms with Crippen molar-refractivity contribution in [3.63, 3.8) is 0 Å². The average Bonchev–Trinajstić information content (AvgIpc) is 3.59. The molecule has 0 bridgehead atoms. The lowest BCUT2D eigenvalue weighted by Crippen LogP contribution is -2.88. The smallest absolute Gasteiger partial charge is 0.0808 e. The van der Waals surface area contributed by atoms with E-state index in [1.54, 1.807) is 5.57 Å². The Morgan fingerprint density at radius 2 is 1.18 bits per heavy atom. The zero-order valence-corrected chi connectivity index (χ0v) is 46.7. The van der Waals surface area contributed by atoms with Crippen molar-refractivity contribution >= 4 is 0 Å². The summed E-state index contributed by atoms with van der Waals surface area (Å²) in [6.45, 7) is 23.1. The number of ether oxygens (including phenoxy) is 3. The minimum Gasteiger partial charge on any atom is -0.381 e. The lowest BCUT2D eigenvalue weighted by molar-refractivity contribution is -0.103. The molecule has 0 aliphatic heterocycles. The summed E-state index contributed by atoms with van der Waals surface area (Å²) >= 11 is 0. The van der Waals surface area contributed by atoms with E-state index in [1.807, 2.05) is 0 Å². The maximum Gasteiger partial charge on any atom is 0.0808 e. The highest BCUT2D eigenvalue weighted by atomic mass is 16.5. The third-order valence-electron chi connectivity index (χ3n) is 19.2. The molecule has 68 heavy (non-hydrogen) atoms. The van der Waals surface area contributed by atoms with E-state index in [0.717, 1.165) is 102 Å². The monoisotopic (exact) mass is 952 g/mol. The van der Waals surface area contributed by atoms with Gasteiger partial charge in [-0.25, -0.2) is 0 Å². The molecule has 3 fully saturated rings. The molecule has 9 atom stereocenters. The fourth-order valence-electron chi connectivity index (χ4n) is 14.4.